The number of aromatic nitrogens is 3. The Labute approximate surface area is 165 Å². The third-order valence-electron chi connectivity index (χ3n) is 4.86. The van der Waals surface area contributed by atoms with Crippen LogP contribution in [0.3, 0.4) is 0 Å². The van der Waals surface area contributed by atoms with Gasteiger partial charge in [-0.3, -0.25) is 0 Å². The molecular weight excluding hydrogens is 382 g/mol. The van der Waals surface area contributed by atoms with E-state index < -0.39 is 29.7 Å². The summed E-state index contributed by atoms with van der Waals surface area (Å²) < 4.78 is 41.1. The van der Waals surface area contributed by atoms with Gasteiger partial charge in [0.05, 0.1) is 7.11 Å². The van der Waals surface area contributed by atoms with E-state index in [-0.39, 0.29) is 24.5 Å². The molecule has 4 rings (SSSR count). The number of hydrogen-bond acceptors (Lipinski definition) is 5. The molecule has 0 unspecified atom stereocenters. The maximum absolute atomic E-state index is 14.7. The summed E-state index contributed by atoms with van der Waals surface area (Å²) in [4.78, 5) is 12.4. The molecule has 0 radical (unpaired) electrons. The molecule has 2 heterocycles. The van der Waals surface area contributed by atoms with Crippen LogP contribution in [0.1, 0.15) is 28.9 Å². The maximum Gasteiger partial charge on any atom is 0.408 e. The smallest absolute Gasteiger partial charge is 0.408 e. The highest BCUT2D eigenvalue weighted by Crippen LogP contribution is 2.40. The predicted octanol–water partition coefficient (Wildman–Crippen LogP) is 3.33. The Morgan fingerprint density at radius 3 is 2.66 bits per heavy atom. The maximum atomic E-state index is 14.7. The van der Waals surface area contributed by atoms with Gasteiger partial charge in [0.15, 0.2) is 5.82 Å². The van der Waals surface area contributed by atoms with E-state index >= 15 is 0 Å². The topological polar surface area (TPSA) is 78.3 Å². The van der Waals surface area contributed by atoms with Crippen LogP contribution in [0.25, 0.3) is 0 Å². The molecule has 3 aromatic rings. The number of carbonyl (C=O) groups excluding carboxylic acids is 1. The number of carbonyl (C=O) groups is 1. The molecule has 1 amide bonds. The summed E-state index contributed by atoms with van der Waals surface area (Å²) in [5.41, 5.74) is 0.672. The van der Waals surface area contributed by atoms with Crippen molar-refractivity contribution in [1.29, 1.82) is 0 Å². The summed E-state index contributed by atoms with van der Waals surface area (Å²) in [5.74, 6) is -1.74. The summed E-state index contributed by atoms with van der Waals surface area (Å²) >= 11 is 0. The molecule has 2 atom stereocenters. The predicted molar refractivity (Wildman–Crippen MR) is 98.2 cm³/mol. The Balaban J connectivity index is 1.56. The average Bonchev–Trinajstić information content (AvgIpc) is 3.29. The average molecular weight is 400 g/mol. The van der Waals surface area contributed by atoms with Gasteiger partial charge in [-0.2, -0.15) is 0 Å². The van der Waals surface area contributed by atoms with Crippen LogP contribution in [0.2, 0.25) is 0 Å². The van der Waals surface area contributed by atoms with E-state index in [0.717, 1.165) is 17.7 Å². The minimum absolute atomic E-state index is 0.0714. The van der Waals surface area contributed by atoms with Gasteiger partial charge in [0.25, 0.3) is 0 Å². The molecule has 0 spiro atoms. The summed E-state index contributed by atoms with van der Waals surface area (Å²) in [7, 11) is 1.33. The SMILES string of the molecule is COc1cc(F)c([C@@H]2Cn3cnnc3[C@H]2NC(=O)OCc2ccccc2)c(F)c1. The Hall–Kier alpha value is -3.49. The Bertz CT molecular complexity index is 1000. The van der Waals surface area contributed by atoms with Gasteiger partial charge < -0.3 is 19.4 Å². The number of amides is 1. The lowest BCUT2D eigenvalue weighted by Crippen LogP contribution is -2.32. The third kappa shape index (κ3) is 3.75. The zero-order valence-electron chi connectivity index (χ0n) is 15.5. The Morgan fingerprint density at radius 1 is 1.24 bits per heavy atom. The first kappa shape index (κ1) is 18.9. The van der Waals surface area contributed by atoms with Gasteiger partial charge in [-0.1, -0.05) is 30.3 Å². The number of methoxy groups -OCH3 is 1. The van der Waals surface area contributed by atoms with Crippen LogP contribution in [-0.4, -0.2) is 28.0 Å². The molecule has 29 heavy (non-hydrogen) atoms. The Morgan fingerprint density at radius 2 is 1.97 bits per heavy atom. The minimum atomic E-state index is -0.793. The highest BCUT2D eigenvalue weighted by Gasteiger charge is 2.40. The standard InChI is InChI=1S/C20H18F2N4O3/c1-28-13-7-15(21)17(16(22)8-13)14-9-26-11-23-25-19(26)18(14)24-20(27)29-10-12-5-3-2-4-6-12/h2-8,11,14,18H,9-10H2,1H3,(H,24,27)/t14-,18-/m0/s1. The van der Waals surface area contributed by atoms with Crippen molar-refractivity contribution in [3.05, 3.63) is 77.4 Å². The number of halogens is 2. The van der Waals surface area contributed by atoms with E-state index in [4.69, 9.17) is 9.47 Å². The van der Waals surface area contributed by atoms with Gasteiger partial charge in [-0.15, -0.1) is 10.2 Å². The fraction of sp³-hybridized carbons (Fsp3) is 0.250. The molecule has 0 bridgehead atoms. The summed E-state index contributed by atoms with van der Waals surface area (Å²) in [5, 5.41) is 10.5. The molecule has 0 fully saturated rings. The highest BCUT2D eigenvalue weighted by molar-refractivity contribution is 5.68. The minimum Gasteiger partial charge on any atom is -0.497 e. The summed E-state index contributed by atoms with van der Waals surface area (Å²) in [6.07, 6.45) is 0.744. The van der Waals surface area contributed by atoms with Crippen molar-refractivity contribution in [3.63, 3.8) is 0 Å². The first-order valence-electron chi connectivity index (χ1n) is 8.94. The summed E-state index contributed by atoms with van der Waals surface area (Å²) in [6.45, 7) is 0.286. The number of fused-ring (bicyclic) bond motifs is 1. The van der Waals surface area contributed by atoms with Crippen molar-refractivity contribution >= 4 is 6.09 Å². The number of benzene rings is 2. The lowest BCUT2D eigenvalue weighted by Gasteiger charge is -2.21. The molecule has 0 saturated carbocycles. The molecule has 0 saturated heterocycles. The fourth-order valence-corrected chi connectivity index (χ4v) is 3.49. The second kappa shape index (κ2) is 7.86. The van der Waals surface area contributed by atoms with Crippen molar-refractivity contribution in [2.75, 3.05) is 7.11 Å². The molecule has 9 heteroatoms. The molecule has 1 aliphatic rings. The van der Waals surface area contributed by atoms with E-state index in [1.54, 1.807) is 4.57 Å². The van der Waals surface area contributed by atoms with Crippen LogP contribution in [-0.2, 0) is 17.9 Å². The van der Waals surface area contributed by atoms with Crippen LogP contribution in [0, 0.1) is 11.6 Å². The van der Waals surface area contributed by atoms with Gasteiger partial charge >= 0.3 is 6.09 Å². The van der Waals surface area contributed by atoms with E-state index in [9.17, 15) is 13.6 Å². The van der Waals surface area contributed by atoms with E-state index in [0.29, 0.717) is 5.82 Å². The van der Waals surface area contributed by atoms with Gasteiger partial charge in [-0.25, -0.2) is 13.6 Å². The van der Waals surface area contributed by atoms with Gasteiger partial charge in [0.2, 0.25) is 0 Å². The fourth-order valence-electron chi connectivity index (χ4n) is 3.49. The lowest BCUT2D eigenvalue weighted by molar-refractivity contribution is 0.134. The molecule has 0 aliphatic carbocycles. The summed E-state index contributed by atoms with van der Waals surface area (Å²) in [6, 6.07) is 10.6. The highest BCUT2D eigenvalue weighted by atomic mass is 19.1. The molecule has 2 aromatic carbocycles. The van der Waals surface area contributed by atoms with Crippen LogP contribution < -0.4 is 10.1 Å². The molecule has 150 valence electrons. The van der Waals surface area contributed by atoms with Gasteiger partial charge in [0.1, 0.15) is 36.4 Å². The molecular formula is C20H18F2N4O3. The monoisotopic (exact) mass is 400 g/mol. The van der Waals surface area contributed by atoms with Crippen molar-refractivity contribution in [1.82, 2.24) is 20.1 Å². The number of nitrogens with one attached hydrogen (secondary N) is 1. The molecule has 1 aromatic heterocycles. The van der Waals surface area contributed by atoms with Gasteiger partial charge in [0, 0.05) is 30.2 Å². The Kier molecular flexibility index (Phi) is 5.11. The number of alkyl carbamates (subject to hydrolysis) is 1. The largest absolute Gasteiger partial charge is 0.497 e. The van der Waals surface area contributed by atoms with E-state index in [1.165, 1.54) is 13.4 Å². The first-order chi connectivity index (χ1) is 14.1. The number of nitrogens with zero attached hydrogens (tertiary/aromatic N) is 3. The van der Waals surface area contributed by atoms with E-state index in [1.807, 2.05) is 30.3 Å². The van der Waals surface area contributed by atoms with Gasteiger partial charge in [-0.05, 0) is 5.56 Å². The van der Waals surface area contributed by atoms with E-state index in [2.05, 4.69) is 15.5 Å². The number of rotatable bonds is 5. The van der Waals surface area contributed by atoms with Crippen molar-refractivity contribution in [2.45, 2.75) is 25.1 Å². The van der Waals surface area contributed by atoms with Crippen LogP contribution in [0.5, 0.6) is 5.75 Å². The number of ether oxygens (including phenoxy) is 2. The molecule has 1 aliphatic heterocycles. The van der Waals surface area contributed by atoms with Crippen LogP contribution in [0.4, 0.5) is 13.6 Å². The van der Waals surface area contributed by atoms with Crippen molar-refractivity contribution in [3.8, 4) is 5.75 Å². The van der Waals surface area contributed by atoms with Crippen LogP contribution >= 0.6 is 0 Å². The van der Waals surface area contributed by atoms with Crippen LogP contribution in [0.15, 0.2) is 48.8 Å². The second-order valence-electron chi connectivity index (χ2n) is 6.64. The normalized spacial score (nSPS) is 17.6. The zero-order chi connectivity index (χ0) is 20.4. The van der Waals surface area contributed by atoms with Crippen molar-refractivity contribution < 1.29 is 23.0 Å². The first-order valence-corrected chi connectivity index (χ1v) is 8.94. The lowest BCUT2D eigenvalue weighted by atomic mass is 9.92. The molecule has 1 N–H and O–H groups in total. The zero-order valence-corrected chi connectivity index (χ0v) is 15.5. The third-order valence-corrected chi connectivity index (χ3v) is 4.86. The number of hydrogen-bond donors (Lipinski definition) is 1. The second-order valence-corrected chi connectivity index (χ2v) is 6.64. The molecule has 7 nitrogen and oxygen atoms in total. The van der Waals surface area contributed by atoms with Crippen molar-refractivity contribution in [2.24, 2.45) is 0 Å². The quantitative estimate of drug-likeness (QED) is 0.711.